The highest BCUT2D eigenvalue weighted by molar-refractivity contribution is 6.35. The molecule has 2 fully saturated rings. The molecule has 1 atom stereocenters. The van der Waals surface area contributed by atoms with Crippen LogP contribution in [0.25, 0.3) is 0 Å². The second-order valence-electron chi connectivity index (χ2n) is 7.07. The molecule has 2 heterocycles. The Balaban J connectivity index is 1.55. The van der Waals surface area contributed by atoms with Gasteiger partial charge in [0.15, 0.2) is 0 Å². The molecule has 1 unspecified atom stereocenters. The van der Waals surface area contributed by atoms with Gasteiger partial charge in [-0.25, -0.2) is 4.39 Å². The van der Waals surface area contributed by atoms with Crippen LogP contribution in [0.2, 0.25) is 0 Å². The van der Waals surface area contributed by atoms with E-state index in [2.05, 4.69) is 0 Å². The number of rotatable bonds is 3. The zero-order chi connectivity index (χ0) is 20.1. The molecule has 152 valence electrons. The van der Waals surface area contributed by atoms with Gasteiger partial charge in [0, 0.05) is 39.3 Å². The molecule has 0 N–H and O–H groups in total. The van der Waals surface area contributed by atoms with Gasteiger partial charge in [0.05, 0.1) is 18.2 Å². The number of esters is 1. The monoisotopic (exact) mass is 391 g/mol. The van der Waals surface area contributed by atoms with Crippen LogP contribution in [0.4, 0.5) is 10.1 Å². The van der Waals surface area contributed by atoms with E-state index in [1.807, 2.05) is 4.90 Å². The average molecular weight is 391 g/mol. The lowest BCUT2D eigenvalue weighted by molar-refractivity contribution is -0.156. The third kappa shape index (κ3) is 4.43. The summed E-state index contributed by atoms with van der Waals surface area (Å²) in [5.41, 5.74) is 0.509. The van der Waals surface area contributed by atoms with E-state index in [4.69, 9.17) is 4.74 Å². The van der Waals surface area contributed by atoms with Crippen LogP contribution in [-0.2, 0) is 19.1 Å². The summed E-state index contributed by atoms with van der Waals surface area (Å²) in [6.07, 6.45) is 1.34. The molecule has 28 heavy (non-hydrogen) atoms. The maximum atomic E-state index is 13.9. The van der Waals surface area contributed by atoms with Gasteiger partial charge in [-0.15, -0.1) is 0 Å². The fourth-order valence-corrected chi connectivity index (χ4v) is 3.74. The number of hydrogen-bond acceptors (Lipinski definition) is 5. The Hall–Kier alpha value is -2.64. The third-order valence-corrected chi connectivity index (χ3v) is 5.27. The highest BCUT2D eigenvalue weighted by Gasteiger charge is 2.34. The van der Waals surface area contributed by atoms with Crippen molar-refractivity contribution in [2.45, 2.75) is 19.8 Å². The number of carbonyl (C=O) groups excluding carboxylic acids is 3. The summed E-state index contributed by atoms with van der Waals surface area (Å²) >= 11 is 0. The number of nitrogens with zero attached hydrogens (tertiary/aromatic N) is 3. The first-order valence-electron chi connectivity index (χ1n) is 9.75. The summed E-state index contributed by atoms with van der Waals surface area (Å²) in [7, 11) is 0. The van der Waals surface area contributed by atoms with Crippen LogP contribution in [0.3, 0.4) is 0 Å². The normalized spacial score (nSPS) is 20.1. The number of para-hydroxylation sites is 1. The predicted octanol–water partition coefficient (Wildman–Crippen LogP) is 1.28. The van der Waals surface area contributed by atoms with Crippen molar-refractivity contribution in [2.75, 3.05) is 50.8 Å². The Bertz CT molecular complexity index is 734. The van der Waals surface area contributed by atoms with E-state index in [-0.39, 0.29) is 24.2 Å². The molecule has 0 saturated carbocycles. The van der Waals surface area contributed by atoms with Crippen molar-refractivity contribution >= 4 is 23.5 Å². The molecule has 0 spiro atoms. The summed E-state index contributed by atoms with van der Waals surface area (Å²) < 4.78 is 19.0. The van der Waals surface area contributed by atoms with Gasteiger partial charge in [-0.05, 0) is 31.9 Å². The molecule has 3 rings (SSSR count). The zero-order valence-electron chi connectivity index (χ0n) is 16.1. The van der Waals surface area contributed by atoms with Crippen molar-refractivity contribution in [2.24, 2.45) is 5.92 Å². The topological polar surface area (TPSA) is 70.2 Å². The number of ether oxygens (including phenoxy) is 1. The Morgan fingerprint density at radius 3 is 2.39 bits per heavy atom. The molecule has 0 radical (unpaired) electrons. The molecule has 0 aliphatic carbocycles. The van der Waals surface area contributed by atoms with Crippen LogP contribution in [0, 0.1) is 11.7 Å². The molecule has 7 nitrogen and oxygen atoms in total. The molecule has 0 aromatic heterocycles. The summed E-state index contributed by atoms with van der Waals surface area (Å²) in [4.78, 5) is 42.1. The Kier molecular flexibility index (Phi) is 6.49. The number of anilines is 1. The quantitative estimate of drug-likeness (QED) is 0.573. The van der Waals surface area contributed by atoms with Gasteiger partial charge in [0.2, 0.25) is 0 Å². The Morgan fingerprint density at radius 1 is 1.04 bits per heavy atom. The van der Waals surface area contributed by atoms with Crippen LogP contribution >= 0.6 is 0 Å². The number of benzene rings is 1. The number of piperazine rings is 1. The zero-order valence-corrected chi connectivity index (χ0v) is 16.1. The fraction of sp³-hybridized carbons (Fsp3) is 0.550. The third-order valence-electron chi connectivity index (χ3n) is 5.27. The largest absolute Gasteiger partial charge is 0.466 e. The summed E-state index contributed by atoms with van der Waals surface area (Å²) in [6, 6.07) is 6.53. The molecular weight excluding hydrogens is 365 g/mol. The maximum absolute atomic E-state index is 13.9. The van der Waals surface area contributed by atoms with Crippen molar-refractivity contribution in [3.8, 4) is 0 Å². The molecule has 0 bridgehead atoms. The average Bonchev–Trinajstić information content (AvgIpc) is 2.73. The molecule has 2 saturated heterocycles. The van der Waals surface area contributed by atoms with Gasteiger partial charge in [-0.3, -0.25) is 14.4 Å². The molecule has 1 aromatic rings. The highest BCUT2D eigenvalue weighted by atomic mass is 19.1. The summed E-state index contributed by atoms with van der Waals surface area (Å²) in [5, 5.41) is 0. The molecule has 2 aliphatic heterocycles. The van der Waals surface area contributed by atoms with E-state index >= 15 is 0 Å². The Morgan fingerprint density at radius 2 is 1.71 bits per heavy atom. The SMILES string of the molecule is CCOC(=O)C1CCCN(C(=O)C(=O)N2CCN(c3ccccc3F)CC2)C1. The number of amides is 2. The predicted molar refractivity (Wildman–Crippen MR) is 101 cm³/mol. The lowest BCUT2D eigenvalue weighted by Gasteiger charge is -2.37. The standard InChI is InChI=1S/C20H26FN3O4/c1-2-28-20(27)15-6-5-9-24(14-15)19(26)18(25)23-12-10-22(11-13-23)17-8-4-3-7-16(17)21/h3-4,7-8,15H,2,5-6,9-14H2,1H3. The second kappa shape index (κ2) is 9.03. The van der Waals surface area contributed by atoms with Crippen molar-refractivity contribution in [1.82, 2.24) is 9.80 Å². The number of carbonyl (C=O) groups is 3. The van der Waals surface area contributed by atoms with Crippen molar-refractivity contribution in [1.29, 1.82) is 0 Å². The molecule has 2 amide bonds. The van der Waals surface area contributed by atoms with Gasteiger partial charge in [0.25, 0.3) is 0 Å². The van der Waals surface area contributed by atoms with E-state index in [1.165, 1.54) is 15.9 Å². The van der Waals surface area contributed by atoms with Crippen LogP contribution in [0.15, 0.2) is 24.3 Å². The first-order chi connectivity index (χ1) is 13.5. The van der Waals surface area contributed by atoms with E-state index in [1.54, 1.807) is 25.1 Å². The lowest BCUT2D eigenvalue weighted by Crippen LogP contribution is -2.55. The van der Waals surface area contributed by atoms with E-state index in [9.17, 15) is 18.8 Å². The minimum absolute atomic E-state index is 0.221. The number of hydrogen-bond donors (Lipinski definition) is 0. The first kappa shape index (κ1) is 20.1. The van der Waals surface area contributed by atoms with E-state index in [0.29, 0.717) is 57.9 Å². The van der Waals surface area contributed by atoms with E-state index < -0.39 is 11.8 Å². The number of piperidine rings is 1. The molecule has 1 aromatic carbocycles. The Labute approximate surface area is 164 Å². The van der Waals surface area contributed by atoms with Gasteiger partial charge in [-0.2, -0.15) is 0 Å². The van der Waals surface area contributed by atoms with Crippen molar-refractivity contribution in [3.05, 3.63) is 30.1 Å². The lowest BCUT2D eigenvalue weighted by atomic mass is 9.98. The molecule has 2 aliphatic rings. The minimum atomic E-state index is -0.576. The smallest absolute Gasteiger partial charge is 0.312 e. The summed E-state index contributed by atoms with van der Waals surface area (Å²) in [5.74, 6) is -2.11. The van der Waals surface area contributed by atoms with Crippen LogP contribution < -0.4 is 4.90 Å². The number of likely N-dealkylation sites (tertiary alicyclic amines) is 1. The maximum Gasteiger partial charge on any atom is 0.312 e. The van der Waals surface area contributed by atoms with Crippen molar-refractivity contribution < 1.29 is 23.5 Å². The minimum Gasteiger partial charge on any atom is -0.466 e. The fourth-order valence-electron chi connectivity index (χ4n) is 3.74. The van der Waals surface area contributed by atoms with Gasteiger partial charge in [-0.1, -0.05) is 12.1 Å². The number of halogens is 1. The highest BCUT2D eigenvalue weighted by Crippen LogP contribution is 2.21. The second-order valence-corrected chi connectivity index (χ2v) is 7.07. The van der Waals surface area contributed by atoms with Crippen LogP contribution in [0.1, 0.15) is 19.8 Å². The van der Waals surface area contributed by atoms with Gasteiger partial charge in [0.1, 0.15) is 5.82 Å². The van der Waals surface area contributed by atoms with Crippen LogP contribution in [0.5, 0.6) is 0 Å². The summed E-state index contributed by atoms with van der Waals surface area (Å²) in [6.45, 7) is 4.37. The van der Waals surface area contributed by atoms with Crippen LogP contribution in [-0.4, -0.2) is 73.5 Å². The van der Waals surface area contributed by atoms with E-state index in [0.717, 1.165) is 0 Å². The molecular formula is C20H26FN3O4. The first-order valence-corrected chi connectivity index (χ1v) is 9.75. The molecule has 8 heteroatoms. The van der Waals surface area contributed by atoms with Crippen molar-refractivity contribution in [3.63, 3.8) is 0 Å². The van der Waals surface area contributed by atoms with Gasteiger partial charge < -0.3 is 19.4 Å². The van der Waals surface area contributed by atoms with Gasteiger partial charge >= 0.3 is 17.8 Å².